The largest absolute Gasteiger partial charge is 0.504 e. The first kappa shape index (κ1) is 18.2. The molecule has 3 aromatic rings. The fourth-order valence-corrected chi connectivity index (χ4v) is 3.56. The Morgan fingerprint density at radius 2 is 1.96 bits per heavy atom. The van der Waals surface area contributed by atoms with Crippen LogP contribution < -0.4 is 10.5 Å². The summed E-state index contributed by atoms with van der Waals surface area (Å²) in [5, 5.41) is 9.79. The molecule has 0 atom stereocenters. The summed E-state index contributed by atoms with van der Waals surface area (Å²) in [6.45, 7) is 0. The molecular formula is C21H23N5O2. The molecule has 1 aliphatic carbocycles. The summed E-state index contributed by atoms with van der Waals surface area (Å²) < 4.78 is 5.18. The van der Waals surface area contributed by atoms with Gasteiger partial charge in [0.25, 0.3) is 0 Å². The van der Waals surface area contributed by atoms with E-state index in [0.29, 0.717) is 40.2 Å². The zero-order valence-electron chi connectivity index (χ0n) is 15.8. The highest BCUT2D eigenvalue weighted by Gasteiger charge is 2.17. The van der Waals surface area contributed by atoms with Gasteiger partial charge in [0.15, 0.2) is 23.0 Å². The molecule has 0 saturated heterocycles. The number of hydrogen-bond acceptors (Lipinski definition) is 6. The van der Waals surface area contributed by atoms with E-state index in [4.69, 9.17) is 10.5 Å². The van der Waals surface area contributed by atoms with Gasteiger partial charge in [-0.3, -0.25) is 0 Å². The Morgan fingerprint density at radius 1 is 1.14 bits per heavy atom. The first-order valence-electron chi connectivity index (χ1n) is 9.49. The minimum Gasteiger partial charge on any atom is -0.504 e. The molecule has 0 spiro atoms. The standard InChI is InChI=1S/C21H23N5O2/c1-28-18-11-14(7-10-17(18)27)15-8-9-16-21(24-15)26-19(12-23-16)25-20(22)13-5-3-2-4-6-13/h7-13,27H,2-6H2,1H3,(H2,22,24,25,26). The van der Waals surface area contributed by atoms with Gasteiger partial charge in [-0.1, -0.05) is 19.3 Å². The molecule has 0 unspecified atom stereocenters. The van der Waals surface area contributed by atoms with Crippen molar-refractivity contribution in [3.05, 3.63) is 36.5 Å². The number of aromatic hydroxyl groups is 1. The lowest BCUT2D eigenvalue weighted by molar-refractivity contribution is 0.373. The van der Waals surface area contributed by atoms with Crippen LogP contribution in [0.5, 0.6) is 11.5 Å². The molecule has 7 nitrogen and oxygen atoms in total. The predicted octanol–water partition coefficient (Wildman–Crippen LogP) is 3.98. The minimum absolute atomic E-state index is 0.0849. The third-order valence-corrected chi connectivity index (χ3v) is 5.14. The number of phenols is 1. The summed E-state index contributed by atoms with van der Waals surface area (Å²) in [4.78, 5) is 18.1. The lowest BCUT2D eigenvalue weighted by atomic mass is 9.88. The summed E-state index contributed by atoms with van der Waals surface area (Å²) in [5.74, 6) is 1.91. The van der Waals surface area contributed by atoms with Crippen molar-refractivity contribution in [2.24, 2.45) is 16.6 Å². The Bertz CT molecular complexity index is 1030. The fraction of sp³-hybridized carbons (Fsp3) is 0.333. The molecule has 7 heteroatoms. The highest BCUT2D eigenvalue weighted by Crippen LogP contribution is 2.31. The van der Waals surface area contributed by atoms with E-state index in [1.807, 2.05) is 12.1 Å². The van der Waals surface area contributed by atoms with Crippen molar-refractivity contribution in [3.8, 4) is 22.8 Å². The average Bonchev–Trinajstić information content (AvgIpc) is 2.74. The second-order valence-corrected chi connectivity index (χ2v) is 7.03. The first-order valence-corrected chi connectivity index (χ1v) is 9.49. The Hall–Kier alpha value is -3.22. The van der Waals surface area contributed by atoms with Crippen molar-refractivity contribution in [2.45, 2.75) is 32.1 Å². The highest BCUT2D eigenvalue weighted by molar-refractivity contribution is 5.85. The van der Waals surface area contributed by atoms with Gasteiger partial charge in [0.2, 0.25) is 0 Å². The van der Waals surface area contributed by atoms with Crippen LogP contribution in [0.2, 0.25) is 0 Å². The summed E-state index contributed by atoms with van der Waals surface area (Å²) in [7, 11) is 1.51. The Kier molecular flexibility index (Phi) is 5.06. The fourth-order valence-electron chi connectivity index (χ4n) is 3.56. The molecule has 1 saturated carbocycles. The maximum absolute atomic E-state index is 9.79. The lowest BCUT2D eigenvalue weighted by Crippen LogP contribution is -2.25. The molecule has 4 rings (SSSR count). The molecule has 144 valence electrons. The molecule has 1 aliphatic rings. The number of hydrogen-bond donors (Lipinski definition) is 2. The summed E-state index contributed by atoms with van der Waals surface area (Å²) in [6.07, 6.45) is 7.47. The number of benzene rings is 1. The topological polar surface area (TPSA) is 107 Å². The van der Waals surface area contributed by atoms with Crippen LogP contribution in [-0.4, -0.2) is 33.0 Å². The molecule has 2 heterocycles. The van der Waals surface area contributed by atoms with E-state index in [-0.39, 0.29) is 5.75 Å². The summed E-state index contributed by atoms with van der Waals surface area (Å²) in [5.41, 5.74) is 8.93. The molecule has 0 aliphatic heterocycles. The van der Waals surface area contributed by atoms with Crippen molar-refractivity contribution in [1.29, 1.82) is 0 Å². The van der Waals surface area contributed by atoms with Gasteiger partial charge >= 0.3 is 0 Å². The number of nitrogens with zero attached hydrogens (tertiary/aromatic N) is 4. The molecule has 3 N–H and O–H groups in total. The Morgan fingerprint density at radius 3 is 2.75 bits per heavy atom. The van der Waals surface area contributed by atoms with Crippen molar-refractivity contribution >= 4 is 22.8 Å². The molecular weight excluding hydrogens is 354 g/mol. The third kappa shape index (κ3) is 3.74. The molecule has 0 bridgehead atoms. The number of ether oxygens (including phenoxy) is 1. The molecule has 28 heavy (non-hydrogen) atoms. The van der Waals surface area contributed by atoms with E-state index in [1.54, 1.807) is 24.4 Å². The summed E-state index contributed by atoms with van der Waals surface area (Å²) >= 11 is 0. The van der Waals surface area contributed by atoms with Crippen LogP contribution in [-0.2, 0) is 0 Å². The van der Waals surface area contributed by atoms with E-state index in [1.165, 1.54) is 26.4 Å². The zero-order chi connectivity index (χ0) is 19.5. The number of nitrogens with two attached hydrogens (primary N) is 1. The molecule has 0 amide bonds. The van der Waals surface area contributed by atoms with E-state index >= 15 is 0 Å². The van der Waals surface area contributed by atoms with Crippen LogP contribution in [0.25, 0.3) is 22.4 Å². The van der Waals surface area contributed by atoms with Crippen LogP contribution in [0.1, 0.15) is 32.1 Å². The minimum atomic E-state index is 0.0849. The van der Waals surface area contributed by atoms with Gasteiger partial charge in [0.1, 0.15) is 11.4 Å². The van der Waals surface area contributed by atoms with Gasteiger partial charge in [-0.15, -0.1) is 0 Å². The number of methoxy groups -OCH3 is 1. The van der Waals surface area contributed by atoms with E-state index < -0.39 is 0 Å². The second kappa shape index (κ2) is 7.80. The number of aliphatic imine (C=N–C) groups is 1. The van der Waals surface area contributed by atoms with Gasteiger partial charge < -0.3 is 15.6 Å². The summed E-state index contributed by atoms with van der Waals surface area (Å²) in [6, 6.07) is 8.82. The van der Waals surface area contributed by atoms with Crippen LogP contribution >= 0.6 is 0 Å². The van der Waals surface area contributed by atoms with Crippen LogP contribution in [0.4, 0.5) is 5.82 Å². The van der Waals surface area contributed by atoms with Gasteiger partial charge in [-0.2, -0.15) is 0 Å². The monoisotopic (exact) mass is 377 g/mol. The van der Waals surface area contributed by atoms with Gasteiger partial charge in [-0.25, -0.2) is 19.9 Å². The van der Waals surface area contributed by atoms with Crippen molar-refractivity contribution in [2.75, 3.05) is 7.11 Å². The quantitative estimate of drug-likeness (QED) is 0.526. The third-order valence-electron chi connectivity index (χ3n) is 5.14. The number of amidine groups is 1. The maximum Gasteiger partial charge on any atom is 0.180 e. The number of pyridine rings is 1. The molecule has 1 fully saturated rings. The van der Waals surface area contributed by atoms with Crippen molar-refractivity contribution in [3.63, 3.8) is 0 Å². The van der Waals surface area contributed by atoms with Gasteiger partial charge in [0, 0.05) is 11.5 Å². The highest BCUT2D eigenvalue weighted by atomic mass is 16.5. The Balaban J connectivity index is 1.67. The van der Waals surface area contributed by atoms with E-state index in [2.05, 4.69) is 19.9 Å². The number of rotatable bonds is 4. The predicted molar refractivity (Wildman–Crippen MR) is 109 cm³/mol. The second-order valence-electron chi connectivity index (χ2n) is 7.03. The van der Waals surface area contributed by atoms with Crippen LogP contribution in [0.3, 0.4) is 0 Å². The Labute approximate surface area is 163 Å². The van der Waals surface area contributed by atoms with Crippen molar-refractivity contribution < 1.29 is 9.84 Å². The lowest BCUT2D eigenvalue weighted by Gasteiger charge is -2.20. The van der Waals surface area contributed by atoms with Gasteiger partial charge in [0.05, 0.1) is 19.0 Å². The van der Waals surface area contributed by atoms with Crippen LogP contribution in [0.15, 0.2) is 41.5 Å². The normalized spacial score (nSPS) is 15.7. The molecule has 0 radical (unpaired) electrons. The number of phenolic OH excluding ortho intramolecular Hbond substituents is 1. The smallest absolute Gasteiger partial charge is 0.180 e. The van der Waals surface area contributed by atoms with E-state index in [9.17, 15) is 5.11 Å². The number of fused-ring (bicyclic) bond motifs is 1. The maximum atomic E-state index is 9.79. The molecule has 1 aromatic carbocycles. The van der Waals surface area contributed by atoms with Crippen LogP contribution in [0, 0.1) is 5.92 Å². The SMILES string of the molecule is COc1cc(-c2ccc3ncc(/N=C(\N)C4CCCCC4)nc3n2)ccc1O. The first-order chi connectivity index (χ1) is 13.6. The van der Waals surface area contributed by atoms with Crippen molar-refractivity contribution in [1.82, 2.24) is 15.0 Å². The number of aromatic nitrogens is 3. The average molecular weight is 377 g/mol. The zero-order valence-corrected chi connectivity index (χ0v) is 15.8. The van der Waals surface area contributed by atoms with E-state index in [0.717, 1.165) is 18.4 Å². The van der Waals surface area contributed by atoms with Gasteiger partial charge in [-0.05, 0) is 43.2 Å². The molecule has 2 aromatic heterocycles.